The topological polar surface area (TPSA) is 71.2 Å². The van der Waals surface area contributed by atoms with Crippen molar-refractivity contribution in [2.45, 2.75) is 6.04 Å². The van der Waals surface area contributed by atoms with E-state index >= 15 is 0 Å². The lowest BCUT2D eigenvalue weighted by atomic mass is 10.0. The van der Waals surface area contributed by atoms with Crippen molar-refractivity contribution in [1.29, 1.82) is 0 Å². The Balaban J connectivity index is 2.01. The van der Waals surface area contributed by atoms with Gasteiger partial charge in [0.05, 0.1) is 6.04 Å². The number of benzene rings is 1. The molecule has 29 heavy (non-hydrogen) atoms. The summed E-state index contributed by atoms with van der Waals surface area (Å²) in [5, 5.41) is 5.50. The second-order valence-electron chi connectivity index (χ2n) is 8.11. The Morgan fingerprint density at radius 1 is 0.966 bits per heavy atom. The fraction of sp³-hybridized carbons (Fsp3) is 0.619. The highest BCUT2D eigenvalue weighted by molar-refractivity contribution is 6.35. The third kappa shape index (κ3) is 7.30. The van der Waals surface area contributed by atoms with Crippen molar-refractivity contribution < 1.29 is 9.59 Å². The van der Waals surface area contributed by atoms with Gasteiger partial charge in [-0.3, -0.25) is 14.5 Å². The molecule has 2 N–H and O–H groups in total. The van der Waals surface area contributed by atoms with E-state index in [9.17, 15) is 9.59 Å². The zero-order chi connectivity index (χ0) is 21.4. The summed E-state index contributed by atoms with van der Waals surface area (Å²) >= 11 is 0. The maximum atomic E-state index is 12.3. The van der Waals surface area contributed by atoms with Crippen molar-refractivity contribution >= 4 is 17.5 Å². The molecule has 0 bridgehead atoms. The van der Waals surface area contributed by atoms with E-state index in [4.69, 9.17) is 0 Å². The van der Waals surface area contributed by atoms with E-state index in [0.717, 1.165) is 37.4 Å². The molecule has 0 unspecified atom stereocenters. The van der Waals surface area contributed by atoms with Crippen molar-refractivity contribution in [3.05, 3.63) is 29.8 Å². The highest BCUT2D eigenvalue weighted by Crippen LogP contribution is 2.24. The van der Waals surface area contributed by atoms with E-state index in [-0.39, 0.29) is 6.04 Å². The van der Waals surface area contributed by atoms with Gasteiger partial charge in [-0.1, -0.05) is 12.1 Å². The number of amides is 2. The lowest BCUT2D eigenvalue weighted by molar-refractivity contribution is -0.139. The van der Waals surface area contributed by atoms with Crippen LogP contribution in [0.5, 0.6) is 0 Å². The summed E-state index contributed by atoms with van der Waals surface area (Å²) in [4.78, 5) is 33.0. The molecule has 1 aromatic rings. The van der Waals surface area contributed by atoms with Crippen LogP contribution in [0.25, 0.3) is 0 Å². The first-order valence-corrected chi connectivity index (χ1v) is 10.2. The third-order valence-corrected chi connectivity index (χ3v) is 5.28. The van der Waals surface area contributed by atoms with Gasteiger partial charge in [0.1, 0.15) is 0 Å². The van der Waals surface area contributed by atoms with Gasteiger partial charge in [-0.05, 0) is 38.8 Å². The number of nitrogens with one attached hydrogen (secondary N) is 2. The van der Waals surface area contributed by atoms with Crippen LogP contribution in [0, 0.1) is 0 Å². The lowest BCUT2D eigenvalue weighted by Gasteiger charge is -2.38. The van der Waals surface area contributed by atoms with Gasteiger partial charge in [-0.25, -0.2) is 0 Å². The van der Waals surface area contributed by atoms with E-state index in [2.05, 4.69) is 56.6 Å². The van der Waals surface area contributed by atoms with Gasteiger partial charge in [0.15, 0.2) is 0 Å². The summed E-state index contributed by atoms with van der Waals surface area (Å²) in [7, 11) is 10.0. The standard InChI is InChI=1S/C21H36N6O2/c1-24(2)11-10-22-20(28)21(29)23-16-19(27-14-12-26(5)13-15-27)17-6-8-18(9-7-17)25(3)4/h6-9,19H,10-16H2,1-5H3,(H,22,28)(H,23,29)/t19-/m0/s1. The average Bonchev–Trinajstić information content (AvgIpc) is 2.69. The van der Waals surface area contributed by atoms with E-state index in [0.29, 0.717) is 19.6 Å². The Kier molecular flexibility index (Phi) is 8.88. The van der Waals surface area contributed by atoms with Gasteiger partial charge in [0.2, 0.25) is 0 Å². The monoisotopic (exact) mass is 404 g/mol. The van der Waals surface area contributed by atoms with Gasteiger partial charge < -0.3 is 25.3 Å². The number of hydrogen-bond donors (Lipinski definition) is 2. The summed E-state index contributed by atoms with van der Waals surface area (Å²) in [5.74, 6) is -1.15. The predicted molar refractivity (Wildman–Crippen MR) is 117 cm³/mol. The summed E-state index contributed by atoms with van der Waals surface area (Å²) in [6.45, 7) is 5.40. The number of carbonyl (C=O) groups is 2. The Labute approximate surface area is 174 Å². The predicted octanol–water partition coefficient (Wildman–Crippen LogP) is -0.165. The molecule has 8 nitrogen and oxygen atoms in total. The number of nitrogens with zero attached hydrogens (tertiary/aromatic N) is 4. The van der Waals surface area contributed by atoms with E-state index < -0.39 is 11.8 Å². The highest BCUT2D eigenvalue weighted by atomic mass is 16.2. The molecular formula is C21H36N6O2. The smallest absolute Gasteiger partial charge is 0.309 e. The fourth-order valence-electron chi connectivity index (χ4n) is 3.33. The molecule has 1 aliphatic rings. The van der Waals surface area contributed by atoms with Crippen LogP contribution in [-0.4, -0.2) is 108 Å². The Morgan fingerprint density at radius 2 is 1.55 bits per heavy atom. The number of hydrogen-bond acceptors (Lipinski definition) is 6. The van der Waals surface area contributed by atoms with Gasteiger partial charge in [-0.15, -0.1) is 0 Å². The van der Waals surface area contributed by atoms with Crippen molar-refractivity contribution in [3.8, 4) is 0 Å². The molecule has 0 radical (unpaired) electrons. The van der Waals surface area contributed by atoms with Gasteiger partial charge >= 0.3 is 11.8 Å². The number of likely N-dealkylation sites (N-methyl/N-ethyl adjacent to an activating group) is 2. The summed E-state index contributed by atoms with van der Waals surface area (Å²) in [6, 6.07) is 8.45. The van der Waals surface area contributed by atoms with Crippen molar-refractivity contribution in [2.24, 2.45) is 0 Å². The Hall–Kier alpha value is -2.16. The van der Waals surface area contributed by atoms with Crippen LogP contribution < -0.4 is 15.5 Å². The SMILES string of the molecule is CN(C)CCNC(=O)C(=O)NC[C@@H](c1ccc(N(C)C)cc1)N1CCN(C)CC1. The molecule has 0 aromatic heterocycles. The van der Waals surface area contributed by atoms with Crippen LogP contribution >= 0.6 is 0 Å². The highest BCUT2D eigenvalue weighted by Gasteiger charge is 2.25. The zero-order valence-electron chi connectivity index (χ0n) is 18.4. The minimum Gasteiger partial charge on any atom is -0.378 e. The first kappa shape index (κ1) is 23.1. The average molecular weight is 405 g/mol. The zero-order valence-corrected chi connectivity index (χ0v) is 18.4. The molecule has 1 atom stereocenters. The second-order valence-corrected chi connectivity index (χ2v) is 8.11. The van der Waals surface area contributed by atoms with Gasteiger partial charge in [-0.2, -0.15) is 0 Å². The fourth-order valence-corrected chi connectivity index (χ4v) is 3.33. The largest absolute Gasteiger partial charge is 0.378 e. The molecule has 0 spiro atoms. The first-order valence-electron chi connectivity index (χ1n) is 10.2. The van der Waals surface area contributed by atoms with Gasteiger partial charge in [0, 0.05) is 65.6 Å². The Morgan fingerprint density at radius 3 is 2.10 bits per heavy atom. The normalized spacial score (nSPS) is 16.5. The maximum Gasteiger partial charge on any atom is 0.309 e. The van der Waals surface area contributed by atoms with Crippen LogP contribution in [0.4, 0.5) is 5.69 Å². The van der Waals surface area contributed by atoms with E-state index in [1.54, 1.807) is 0 Å². The number of anilines is 1. The number of piperazine rings is 1. The van der Waals surface area contributed by atoms with Gasteiger partial charge in [0.25, 0.3) is 0 Å². The molecule has 1 heterocycles. The van der Waals surface area contributed by atoms with Crippen LogP contribution in [0.15, 0.2) is 24.3 Å². The van der Waals surface area contributed by atoms with Crippen molar-refractivity contribution in [3.63, 3.8) is 0 Å². The molecular weight excluding hydrogens is 368 g/mol. The lowest BCUT2D eigenvalue weighted by Crippen LogP contribution is -2.50. The molecule has 1 aromatic carbocycles. The van der Waals surface area contributed by atoms with Crippen LogP contribution in [-0.2, 0) is 9.59 Å². The first-order chi connectivity index (χ1) is 13.8. The quantitative estimate of drug-likeness (QED) is 0.587. The molecule has 0 aliphatic carbocycles. The third-order valence-electron chi connectivity index (χ3n) is 5.28. The summed E-state index contributed by atoms with van der Waals surface area (Å²) in [6.07, 6.45) is 0. The molecule has 8 heteroatoms. The molecule has 2 amide bonds. The van der Waals surface area contributed by atoms with Crippen LogP contribution in [0.2, 0.25) is 0 Å². The molecule has 1 aliphatic heterocycles. The molecule has 1 saturated heterocycles. The molecule has 1 fully saturated rings. The summed E-state index contributed by atoms with van der Waals surface area (Å²) < 4.78 is 0. The summed E-state index contributed by atoms with van der Waals surface area (Å²) in [5.41, 5.74) is 2.28. The van der Waals surface area contributed by atoms with E-state index in [1.807, 2.05) is 33.1 Å². The number of carbonyl (C=O) groups excluding carboxylic acids is 2. The second kappa shape index (κ2) is 11.1. The van der Waals surface area contributed by atoms with Crippen molar-refractivity contribution in [2.75, 3.05) is 86.0 Å². The molecule has 0 saturated carbocycles. The maximum absolute atomic E-state index is 12.3. The minimum atomic E-state index is -0.577. The van der Waals surface area contributed by atoms with Crippen molar-refractivity contribution in [1.82, 2.24) is 25.3 Å². The Bertz CT molecular complexity index is 654. The minimum absolute atomic E-state index is 0.0402. The van der Waals surface area contributed by atoms with E-state index in [1.165, 1.54) is 0 Å². The molecule has 2 rings (SSSR count). The van der Waals surface area contributed by atoms with Crippen LogP contribution in [0.1, 0.15) is 11.6 Å². The number of rotatable bonds is 8. The molecule has 162 valence electrons. The van der Waals surface area contributed by atoms with Crippen LogP contribution in [0.3, 0.4) is 0 Å².